The number of phenolic OH excluding ortho intramolecular Hbond substituents is 1. The molecule has 118 valence electrons. The van der Waals surface area contributed by atoms with Crippen LogP contribution in [0.25, 0.3) is 0 Å². The summed E-state index contributed by atoms with van der Waals surface area (Å²) in [5.41, 5.74) is 1.29. The molecule has 0 aliphatic heterocycles. The van der Waals surface area contributed by atoms with E-state index in [2.05, 4.69) is 10.6 Å². The SMILES string of the molecule is Cc1cccc(CNCCCNC(=O)OC(C)(C)C)c1O. The van der Waals surface area contributed by atoms with Gasteiger partial charge in [-0.25, -0.2) is 4.79 Å². The van der Waals surface area contributed by atoms with Crippen LogP contribution in [0.15, 0.2) is 18.2 Å². The Morgan fingerprint density at radius 3 is 2.67 bits per heavy atom. The molecular formula is C16H26N2O3. The molecule has 1 rings (SSSR count). The van der Waals surface area contributed by atoms with Crippen molar-refractivity contribution in [3.8, 4) is 5.75 Å². The monoisotopic (exact) mass is 294 g/mol. The molecule has 1 aromatic rings. The Morgan fingerprint density at radius 1 is 1.29 bits per heavy atom. The van der Waals surface area contributed by atoms with Crippen molar-refractivity contribution in [2.75, 3.05) is 13.1 Å². The first-order chi connectivity index (χ1) is 9.79. The van der Waals surface area contributed by atoms with E-state index in [1.54, 1.807) is 0 Å². The molecule has 0 bridgehead atoms. The van der Waals surface area contributed by atoms with Gasteiger partial charge in [0, 0.05) is 18.7 Å². The van der Waals surface area contributed by atoms with Crippen molar-refractivity contribution in [1.29, 1.82) is 0 Å². The number of carbonyl (C=O) groups is 1. The number of carbonyl (C=O) groups excluding carboxylic acids is 1. The van der Waals surface area contributed by atoms with Gasteiger partial charge in [0.05, 0.1) is 0 Å². The van der Waals surface area contributed by atoms with E-state index in [0.29, 0.717) is 18.8 Å². The number of nitrogens with one attached hydrogen (secondary N) is 2. The van der Waals surface area contributed by atoms with Crippen molar-refractivity contribution in [2.45, 2.75) is 46.3 Å². The van der Waals surface area contributed by atoms with Crippen LogP contribution in [0.5, 0.6) is 5.75 Å². The van der Waals surface area contributed by atoms with Gasteiger partial charge in [-0.15, -0.1) is 0 Å². The molecule has 3 N–H and O–H groups in total. The zero-order valence-corrected chi connectivity index (χ0v) is 13.3. The molecule has 1 aromatic carbocycles. The van der Waals surface area contributed by atoms with Crippen molar-refractivity contribution in [3.05, 3.63) is 29.3 Å². The van der Waals surface area contributed by atoms with Gasteiger partial charge in [-0.05, 0) is 46.2 Å². The number of ether oxygens (including phenoxy) is 1. The normalized spacial score (nSPS) is 11.2. The molecule has 0 saturated carbocycles. The number of aromatic hydroxyl groups is 1. The summed E-state index contributed by atoms with van der Waals surface area (Å²) < 4.78 is 5.14. The average Bonchev–Trinajstić information content (AvgIpc) is 2.36. The molecule has 21 heavy (non-hydrogen) atoms. The fourth-order valence-corrected chi connectivity index (χ4v) is 1.80. The van der Waals surface area contributed by atoms with Gasteiger partial charge in [0.2, 0.25) is 0 Å². The highest BCUT2D eigenvalue weighted by Crippen LogP contribution is 2.20. The van der Waals surface area contributed by atoms with E-state index in [1.807, 2.05) is 45.9 Å². The van der Waals surface area contributed by atoms with Crippen LogP contribution in [-0.2, 0) is 11.3 Å². The van der Waals surface area contributed by atoms with Crippen molar-refractivity contribution < 1.29 is 14.6 Å². The highest BCUT2D eigenvalue weighted by Gasteiger charge is 2.15. The van der Waals surface area contributed by atoms with Crippen LogP contribution < -0.4 is 10.6 Å². The number of hydrogen-bond donors (Lipinski definition) is 3. The van der Waals surface area contributed by atoms with E-state index >= 15 is 0 Å². The number of para-hydroxylation sites is 1. The number of hydrogen-bond acceptors (Lipinski definition) is 4. The molecule has 0 radical (unpaired) electrons. The number of rotatable bonds is 6. The third kappa shape index (κ3) is 6.99. The van der Waals surface area contributed by atoms with Crippen LogP contribution >= 0.6 is 0 Å². The average molecular weight is 294 g/mol. The van der Waals surface area contributed by atoms with Gasteiger partial charge in [0.25, 0.3) is 0 Å². The number of amides is 1. The predicted octanol–water partition coefficient (Wildman–Crippen LogP) is 2.71. The Kier molecular flexibility index (Phi) is 6.49. The second-order valence-corrected chi connectivity index (χ2v) is 6.04. The van der Waals surface area contributed by atoms with Gasteiger partial charge in [-0.3, -0.25) is 0 Å². The van der Waals surface area contributed by atoms with E-state index < -0.39 is 5.60 Å². The summed E-state index contributed by atoms with van der Waals surface area (Å²) in [7, 11) is 0. The largest absolute Gasteiger partial charge is 0.507 e. The van der Waals surface area contributed by atoms with Gasteiger partial charge >= 0.3 is 6.09 Å². The Bertz CT molecular complexity index is 467. The summed E-state index contributed by atoms with van der Waals surface area (Å²) >= 11 is 0. The standard InChI is InChI=1S/C16H26N2O3/c1-12-7-5-8-13(14(12)19)11-17-9-6-10-18-15(20)21-16(2,3)4/h5,7-8,17,19H,6,9-11H2,1-4H3,(H,18,20). The second kappa shape index (κ2) is 7.88. The molecule has 0 heterocycles. The lowest BCUT2D eigenvalue weighted by Gasteiger charge is -2.19. The fraction of sp³-hybridized carbons (Fsp3) is 0.562. The number of aryl methyl sites for hydroxylation is 1. The lowest BCUT2D eigenvalue weighted by Crippen LogP contribution is -2.33. The molecule has 5 heteroatoms. The first kappa shape index (κ1) is 17.3. The highest BCUT2D eigenvalue weighted by atomic mass is 16.6. The molecular weight excluding hydrogens is 268 g/mol. The summed E-state index contributed by atoms with van der Waals surface area (Å²) in [6, 6.07) is 5.70. The molecule has 0 fully saturated rings. The summed E-state index contributed by atoms with van der Waals surface area (Å²) in [6.07, 6.45) is 0.407. The molecule has 0 aromatic heterocycles. The van der Waals surface area contributed by atoms with Crippen LogP contribution in [0, 0.1) is 6.92 Å². The Labute approximate surface area is 126 Å². The van der Waals surface area contributed by atoms with Gasteiger partial charge in [0.1, 0.15) is 11.4 Å². The van der Waals surface area contributed by atoms with E-state index in [9.17, 15) is 9.90 Å². The molecule has 1 amide bonds. The molecule has 0 unspecified atom stereocenters. The van der Waals surface area contributed by atoms with Crippen LogP contribution in [0.2, 0.25) is 0 Å². The van der Waals surface area contributed by atoms with E-state index in [-0.39, 0.29) is 6.09 Å². The van der Waals surface area contributed by atoms with Gasteiger partial charge in [-0.2, -0.15) is 0 Å². The minimum Gasteiger partial charge on any atom is -0.507 e. The summed E-state index contributed by atoms with van der Waals surface area (Å²) in [5.74, 6) is 0.344. The maximum atomic E-state index is 11.4. The maximum absolute atomic E-state index is 11.4. The maximum Gasteiger partial charge on any atom is 0.407 e. The number of benzene rings is 1. The van der Waals surface area contributed by atoms with Crippen LogP contribution in [0.1, 0.15) is 38.3 Å². The lowest BCUT2D eigenvalue weighted by atomic mass is 10.1. The molecule has 0 aliphatic rings. The van der Waals surface area contributed by atoms with Crippen molar-refractivity contribution in [2.24, 2.45) is 0 Å². The predicted molar refractivity (Wildman–Crippen MR) is 83.4 cm³/mol. The zero-order valence-electron chi connectivity index (χ0n) is 13.3. The lowest BCUT2D eigenvalue weighted by molar-refractivity contribution is 0.0527. The van der Waals surface area contributed by atoms with Crippen molar-refractivity contribution >= 4 is 6.09 Å². The quantitative estimate of drug-likeness (QED) is 0.706. The van der Waals surface area contributed by atoms with E-state index in [0.717, 1.165) is 24.1 Å². The second-order valence-electron chi connectivity index (χ2n) is 6.04. The number of alkyl carbamates (subject to hydrolysis) is 1. The Hall–Kier alpha value is -1.75. The Morgan fingerprint density at radius 2 is 2.00 bits per heavy atom. The molecule has 0 atom stereocenters. The van der Waals surface area contributed by atoms with Crippen LogP contribution in [-0.4, -0.2) is 29.9 Å². The van der Waals surface area contributed by atoms with Crippen molar-refractivity contribution in [3.63, 3.8) is 0 Å². The zero-order chi connectivity index (χ0) is 15.9. The molecule has 0 aliphatic carbocycles. The first-order valence-corrected chi connectivity index (χ1v) is 7.24. The fourth-order valence-electron chi connectivity index (χ4n) is 1.80. The third-order valence-corrected chi connectivity index (χ3v) is 2.84. The first-order valence-electron chi connectivity index (χ1n) is 7.24. The van der Waals surface area contributed by atoms with Gasteiger partial charge in [0.15, 0.2) is 0 Å². The Balaban J connectivity index is 2.15. The van der Waals surface area contributed by atoms with E-state index in [1.165, 1.54) is 0 Å². The van der Waals surface area contributed by atoms with Gasteiger partial charge < -0.3 is 20.5 Å². The molecule has 5 nitrogen and oxygen atoms in total. The highest BCUT2D eigenvalue weighted by molar-refractivity contribution is 5.67. The van der Waals surface area contributed by atoms with Crippen molar-refractivity contribution in [1.82, 2.24) is 10.6 Å². The smallest absolute Gasteiger partial charge is 0.407 e. The topological polar surface area (TPSA) is 70.6 Å². The van der Waals surface area contributed by atoms with Crippen LogP contribution in [0.3, 0.4) is 0 Å². The summed E-state index contributed by atoms with van der Waals surface area (Å²) in [5, 5.41) is 15.8. The van der Waals surface area contributed by atoms with E-state index in [4.69, 9.17) is 4.74 Å². The summed E-state index contributed by atoms with van der Waals surface area (Å²) in [6.45, 7) is 9.31. The minimum atomic E-state index is -0.467. The number of phenols is 1. The molecule has 0 saturated heterocycles. The third-order valence-electron chi connectivity index (χ3n) is 2.84. The minimum absolute atomic E-state index is 0.344. The van der Waals surface area contributed by atoms with Crippen LogP contribution in [0.4, 0.5) is 4.79 Å². The summed E-state index contributed by atoms with van der Waals surface area (Å²) in [4.78, 5) is 11.4. The van der Waals surface area contributed by atoms with Gasteiger partial charge in [-0.1, -0.05) is 18.2 Å². The molecule has 0 spiro atoms.